The SMILES string of the molecule is CC1CCC(C)C(NC2COc3ccccc32)C1. The van der Waals surface area contributed by atoms with E-state index in [0.29, 0.717) is 12.1 Å². The van der Waals surface area contributed by atoms with Gasteiger partial charge in [-0.05, 0) is 30.7 Å². The van der Waals surface area contributed by atoms with Crippen LogP contribution in [0.2, 0.25) is 0 Å². The third-order valence-electron chi connectivity index (χ3n) is 4.57. The van der Waals surface area contributed by atoms with Crippen molar-refractivity contribution in [3.05, 3.63) is 29.8 Å². The van der Waals surface area contributed by atoms with E-state index in [9.17, 15) is 0 Å². The van der Waals surface area contributed by atoms with E-state index in [1.807, 2.05) is 6.07 Å². The van der Waals surface area contributed by atoms with Gasteiger partial charge in [0.1, 0.15) is 12.4 Å². The molecule has 1 aliphatic heterocycles. The summed E-state index contributed by atoms with van der Waals surface area (Å²) < 4.78 is 5.75. The van der Waals surface area contributed by atoms with Crippen LogP contribution in [0.25, 0.3) is 0 Å². The Balaban J connectivity index is 1.70. The molecule has 4 atom stereocenters. The molecule has 0 radical (unpaired) electrons. The zero-order valence-corrected chi connectivity index (χ0v) is 11.4. The molecule has 1 fully saturated rings. The van der Waals surface area contributed by atoms with Crippen molar-refractivity contribution in [1.82, 2.24) is 5.32 Å². The number of hydrogen-bond donors (Lipinski definition) is 1. The molecular weight excluding hydrogens is 222 g/mol. The van der Waals surface area contributed by atoms with Crippen LogP contribution >= 0.6 is 0 Å². The monoisotopic (exact) mass is 245 g/mol. The van der Waals surface area contributed by atoms with Crippen molar-refractivity contribution in [2.75, 3.05) is 6.61 Å². The van der Waals surface area contributed by atoms with Crippen molar-refractivity contribution in [3.8, 4) is 5.75 Å². The van der Waals surface area contributed by atoms with E-state index < -0.39 is 0 Å². The van der Waals surface area contributed by atoms with Gasteiger partial charge in [-0.1, -0.05) is 38.5 Å². The zero-order chi connectivity index (χ0) is 12.5. The maximum atomic E-state index is 5.75. The standard InChI is InChI=1S/C16H23NO/c1-11-7-8-12(2)14(9-11)17-15-10-18-16-6-4-3-5-13(15)16/h3-6,11-12,14-15,17H,7-10H2,1-2H3. The number of ether oxygens (including phenoxy) is 1. The first kappa shape index (κ1) is 12.0. The van der Waals surface area contributed by atoms with Gasteiger partial charge in [-0.25, -0.2) is 0 Å². The molecule has 2 heteroatoms. The molecule has 2 nitrogen and oxygen atoms in total. The van der Waals surface area contributed by atoms with E-state index in [2.05, 4.69) is 37.4 Å². The number of hydrogen-bond acceptors (Lipinski definition) is 2. The van der Waals surface area contributed by atoms with Crippen LogP contribution in [-0.2, 0) is 0 Å². The van der Waals surface area contributed by atoms with E-state index in [-0.39, 0.29) is 0 Å². The van der Waals surface area contributed by atoms with Crippen LogP contribution in [0.1, 0.15) is 44.7 Å². The highest BCUT2D eigenvalue weighted by Gasteiger charge is 2.31. The minimum Gasteiger partial charge on any atom is -0.491 e. The van der Waals surface area contributed by atoms with Crippen molar-refractivity contribution in [3.63, 3.8) is 0 Å². The Labute approximate surface area is 110 Å². The second-order valence-corrected chi connectivity index (χ2v) is 6.07. The Bertz CT molecular complexity index is 417. The van der Waals surface area contributed by atoms with E-state index in [1.165, 1.54) is 24.8 Å². The van der Waals surface area contributed by atoms with Crippen LogP contribution in [0.5, 0.6) is 5.75 Å². The average molecular weight is 245 g/mol. The van der Waals surface area contributed by atoms with Crippen molar-refractivity contribution >= 4 is 0 Å². The highest BCUT2D eigenvalue weighted by atomic mass is 16.5. The molecule has 1 saturated carbocycles. The minimum absolute atomic E-state index is 0.388. The molecule has 1 N–H and O–H groups in total. The lowest BCUT2D eigenvalue weighted by atomic mass is 9.79. The molecule has 0 bridgehead atoms. The molecule has 0 amide bonds. The van der Waals surface area contributed by atoms with Crippen molar-refractivity contribution in [2.24, 2.45) is 11.8 Å². The Kier molecular flexibility index (Phi) is 3.29. The summed E-state index contributed by atoms with van der Waals surface area (Å²) in [5.74, 6) is 2.71. The van der Waals surface area contributed by atoms with E-state index >= 15 is 0 Å². The molecule has 1 aliphatic carbocycles. The second-order valence-electron chi connectivity index (χ2n) is 6.07. The summed E-state index contributed by atoms with van der Waals surface area (Å²) in [6.45, 7) is 5.54. The summed E-state index contributed by atoms with van der Waals surface area (Å²) in [5, 5.41) is 3.83. The molecule has 1 aromatic carbocycles. The van der Waals surface area contributed by atoms with Crippen molar-refractivity contribution in [1.29, 1.82) is 0 Å². The summed E-state index contributed by atoms with van der Waals surface area (Å²) >= 11 is 0. The van der Waals surface area contributed by atoms with Gasteiger partial charge in [0.25, 0.3) is 0 Å². The van der Waals surface area contributed by atoms with Gasteiger partial charge in [-0.3, -0.25) is 0 Å². The minimum atomic E-state index is 0.388. The van der Waals surface area contributed by atoms with Gasteiger partial charge in [0.2, 0.25) is 0 Å². The van der Waals surface area contributed by atoms with Gasteiger partial charge >= 0.3 is 0 Å². The molecule has 3 rings (SSSR count). The van der Waals surface area contributed by atoms with Crippen LogP contribution in [0, 0.1) is 11.8 Å². The lowest BCUT2D eigenvalue weighted by molar-refractivity contribution is 0.200. The first-order valence-corrected chi connectivity index (χ1v) is 7.22. The summed E-state index contributed by atoms with van der Waals surface area (Å²) in [7, 11) is 0. The zero-order valence-electron chi connectivity index (χ0n) is 11.4. The van der Waals surface area contributed by atoms with E-state index in [4.69, 9.17) is 4.74 Å². The first-order valence-electron chi connectivity index (χ1n) is 7.22. The Morgan fingerprint density at radius 1 is 1.17 bits per heavy atom. The quantitative estimate of drug-likeness (QED) is 0.860. The maximum absolute atomic E-state index is 5.75. The molecule has 1 heterocycles. The third-order valence-corrected chi connectivity index (χ3v) is 4.57. The summed E-state index contributed by atoms with van der Waals surface area (Å²) in [4.78, 5) is 0. The Hall–Kier alpha value is -1.02. The fraction of sp³-hybridized carbons (Fsp3) is 0.625. The van der Waals surface area contributed by atoms with Crippen LogP contribution in [0.3, 0.4) is 0 Å². The first-order chi connectivity index (χ1) is 8.74. The Morgan fingerprint density at radius 3 is 2.89 bits per heavy atom. The third kappa shape index (κ3) is 2.26. The van der Waals surface area contributed by atoms with E-state index in [1.54, 1.807) is 0 Å². The highest BCUT2D eigenvalue weighted by Crippen LogP contribution is 2.35. The van der Waals surface area contributed by atoms with Gasteiger partial charge in [-0.15, -0.1) is 0 Å². The highest BCUT2D eigenvalue weighted by molar-refractivity contribution is 5.39. The lowest BCUT2D eigenvalue weighted by Crippen LogP contribution is -2.41. The molecule has 0 aromatic heterocycles. The largest absolute Gasteiger partial charge is 0.491 e. The summed E-state index contributed by atoms with van der Waals surface area (Å²) in [6.07, 6.45) is 4.05. The van der Waals surface area contributed by atoms with Gasteiger partial charge in [0.15, 0.2) is 0 Å². The number of benzene rings is 1. The second kappa shape index (κ2) is 4.93. The van der Waals surface area contributed by atoms with Crippen LogP contribution in [0.4, 0.5) is 0 Å². The number of fused-ring (bicyclic) bond motifs is 1. The summed E-state index contributed by atoms with van der Waals surface area (Å²) in [5.41, 5.74) is 1.34. The molecule has 0 spiro atoms. The van der Waals surface area contributed by atoms with E-state index in [0.717, 1.165) is 24.2 Å². The molecule has 0 saturated heterocycles. The van der Waals surface area contributed by atoms with Crippen LogP contribution in [-0.4, -0.2) is 12.6 Å². The number of para-hydroxylation sites is 1. The van der Waals surface area contributed by atoms with Crippen LogP contribution in [0.15, 0.2) is 24.3 Å². The number of nitrogens with one attached hydrogen (secondary N) is 1. The normalized spacial score (nSPS) is 35.0. The Morgan fingerprint density at radius 2 is 2.00 bits per heavy atom. The summed E-state index contributed by atoms with van der Waals surface area (Å²) in [6, 6.07) is 9.45. The maximum Gasteiger partial charge on any atom is 0.124 e. The smallest absolute Gasteiger partial charge is 0.124 e. The molecule has 18 heavy (non-hydrogen) atoms. The average Bonchev–Trinajstić information content (AvgIpc) is 2.78. The fourth-order valence-electron chi connectivity index (χ4n) is 3.32. The molecule has 98 valence electrons. The molecule has 1 aromatic rings. The predicted molar refractivity (Wildman–Crippen MR) is 73.8 cm³/mol. The van der Waals surface area contributed by atoms with Crippen LogP contribution < -0.4 is 10.1 Å². The topological polar surface area (TPSA) is 21.3 Å². The lowest BCUT2D eigenvalue weighted by Gasteiger charge is -2.35. The van der Waals surface area contributed by atoms with Gasteiger partial charge in [-0.2, -0.15) is 0 Å². The van der Waals surface area contributed by atoms with Gasteiger partial charge in [0.05, 0.1) is 6.04 Å². The van der Waals surface area contributed by atoms with Gasteiger partial charge in [0, 0.05) is 11.6 Å². The predicted octanol–water partition coefficient (Wildman–Crippen LogP) is 3.53. The molecule has 4 unspecified atom stereocenters. The fourth-order valence-corrected chi connectivity index (χ4v) is 3.32. The van der Waals surface area contributed by atoms with Crippen molar-refractivity contribution < 1.29 is 4.74 Å². The van der Waals surface area contributed by atoms with Gasteiger partial charge < -0.3 is 10.1 Å². The molecular formula is C16H23NO. The number of rotatable bonds is 2. The molecule has 2 aliphatic rings. The van der Waals surface area contributed by atoms with Crippen molar-refractivity contribution in [2.45, 2.75) is 45.2 Å².